The molecule has 3 heterocycles. The highest BCUT2D eigenvalue weighted by Crippen LogP contribution is 2.29. The van der Waals surface area contributed by atoms with E-state index in [1.807, 2.05) is 23.1 Å². The number of carbonyl (C=O) groups is 1. The molecule has 2 aliphatic rings. The topological polar surface area (TPSA) is 73.0 Å². The van der Waals surface area contributed by atoms with Crippen LogP contribution in [0, 0.1) is 0 Å². The SMILES string of the molecule is Cn1c(C2CCN(C(=O)Cn3nc4c(cc3=O)CCCCC4)CC2)nc2ccccc21. The molecule has 1 saturated heterocycles. The first-order valence-electron chi connectivity index (χ1n) is 11.4. The van der Waals surface area contributed by atoms with E-state index in [-0.39, 0.29) is 18.0 Å². The average molecular weight is 420 g/mol. The summed E-state index contributed by atoms with van der Waals surface area (Å²) in [6, 6.07) is 9.88. The Kier molecular flexibility index (Phi) is 5.34. The fraction of sp³-hybridized carbons (Fsp3) is 0.500. The molecule has 7 heteroatoms. The second-order valence-corrected chi connectivity index (χ2v) is 8.85. The number of rotatable bonds is 3. The molecule has 1 aromatic carbocycles. The predicted molar refractivity (Wildman–Crippen MR) is 119 cm³/mol. The number of nitrogens with zero attached hydrogens (tertiary/aromatic N) is 5. The second kappa shape index (κ2) is 8.29. The van der Waals surface area contributed by atoms with Crippen molar-refractivity contribution in [1.82, 2.24) is 24.2 Å². The van der Waals surface area contributed by atoms with Crippen LogP contribution in [0.4, 0.5) is 0 Å². The highest BCUT2D eigenvalue weighted by atomic mass is 16.2. The molecule has 0 bridgehead atoms. The molecule has 1 aliphatic carbocycles. The molecule has 3 aromatic rings. The third kappa shape index (κ3) is 3.89. The Bertz CT molecular complexity index is 1170. The molecule has 5 rings (SSSR count). The maximum Gasteiger partial charge on any atom is 0.267 e. The fourth-order valence-electron chi connectivity index (χ4n) is 5.04. The molecule has 1 amide bonds. The molecule has 31 heavy (non-hydrogen) atoms. The number of benzene rings is 1. The Morgan fingerprint density at radius 2 is 1.87 bits per heavy atom. The molecular formula is C24H29N5O2. The standard InChI is InChI=1S/C24H29N5O2/c1-27-21-10-6-5-9-20(21)25-24(27)17-11-13-28(14-12-17)23(31)16-29-22(30)15-18-7-3-2-4-8-19(18)26-29/h5-6,9-10,15,17H,2-4,7-8,11-14,16H2,1H3. The van der Waals surface area contributed by atoms with Crippen LogP contribution in [0.25, 0.3) is 11.0 Å². The minimum atomic E-state index is -0.163. The quantitative estimate of drug-likeness (QED) is 0.612. The Balaban J connectivity index is 1.26. The Hall–Kier alpha value is -2.96. The van der Waals surface area contributed by atoms with Crippen molar-refractivity contribution in [2.75, 3.05) is 13.1 Å². The predicted octanol–water partition coefficient (Wildman–Crippen LogP) is 2.81. The van der Waals surface area contributed by atoms with E-state index in [4.69, 9.17) is 4.98 Å². The molecule has 0 unspecified atom stereocenters. The zero-order valence-electron chi connectivity index (χ0n) is 18.1. The Labute approximate surface area is 181 Å². The van der Waals surface area contributed by atoms with Crippen LogP contribution >= 0.6 is 0 Å². The average Bonchev–Trinajstić information content (AvgIpc) is 2.96. The van der Waals surface area contributed by atoms with E-state index >= 15 is 0 Å². The maximum absolute atomic E-state index is 12.9. The Morgan fingerprint density at radius 3 is 2.68 bits per heavy atom. The van der Waals surface area contributed by atoms with Crippen LogP contribution in [0.3, 0.4) is 0 Å². The first kappa shape index (κ1) is 20.0. The highest BCUT2D eigenvalue weighted by Gasteiger charge is 2.27. The lowest BCUT2D eigenvalue weighted by molar-refractivity contribution is -0.133. The van der Waals surface area contributed by atoms with Crippen LogP contribution in [-0.2, 0) is 31.2 Å². The van der Waals surface area contributed by atoms with Gasteiger partial charge in [-0.2, -0.15) is 5.10 Å². The molecular weight excluding hydrogens is 390 g/mol. The summed E-state index contributed by atoms with van der Waals surface area (Å²) in [7, 11) is 2.07. The van der Waals surface area contributed by atoms with Gasteiger partial charge in [-0.25, -0.2) is 9.67 Å². The molecule has 0 radical (unpaired) electrons. The van der Waals surface area contributed by atoms with Crippen LogP contribution in [0.5, 0.6) is 0 Å². The van der Waals surface area contributed by atoms with E-state index in [1.54, 1.807) is 6.07 Å². The van der Waals surface area contributed by atoms with E-state index < -0.39 is 0 Å². The van der Waals surface area contributed by atoms with Gasteiger partial charge in [0.15, 0.2) is 0 Å². The number of imidazole rings is 1. The molecule has 1 aliphatic heterocycles. The van der Waals surface area contributed by atoms with Crippen LogP contribution in [0.15, 0.2) is 35.1 Å². The van der Waals surface area contributed by atoms with Gasteiger partial charge in [0, 0.05) is 32.1 Å². The van der Waals surface area contributed by atoms with Gasteiger partial charge in [0.2, 0.25) is 5.91 Å². The van der Waals surface area contributed by atoms with Crippen molar-refractivity contribution in [3.05, 3.63) is 57.8 Å². The lowest BCUT2D eigenvalue weighted by atomic mass is 9.96. The molecule has 0 spiro atoms. The van der Waals surface area contributed by atoms with E-state index in [0.717, 1.165) is 66.6 Å². The summed E-state index contributed by atoms with van der Waals surface area (Å²) >= 11 is 0. The van der Waals surface area contributed by atoms with E-state index in [9.17, 15) is 9.59 Å². The summed E-state index contributed by atoms with van der Waals surface area (Å²) in [6.45, 7) is 1.40. The number of hydrogen-bond donors (Lipinski definition) is 0. The van der Waals surface area contributed by atoms with Gasteiger partial charge in [0.05, 0.1) is 16.7 Å². The number of amides is 1. The highest BCUT2D eigenvalue weighted by molar-refractivity contribution is 5.76. The van der Waals surface area contributed by atoms with Gasteiger partial charge in [-0.15, -0.1) is 0 Å². The van der Waals surface area contributed by atoms with Gasteiger partial charge < -0.3 is 9.47 Å². The molecule has 2 aromatic heterocycles. The first-order valence-corrected chi connectivity index (χ1v) is 11.4. The van der Waals surface area contributed by atoms with E-state index in [0.29, 0.717) is 19.0 Å². The number of hydrogen-bond acceptors (Lipinski definition) is 4. The van der Waals surface area contributed by atoms with Crippen molar-refractivity contribution in [1.29, 1.82) is 0 Å². The number of para-hydroxylation sites is 2. The summed E-state index contributed by atoms with van der Waals surface area (Å²) in [5, 5.41) is 4.55. The second-order valence-electron chi connectivity index (χ2n) is 8.85. The van der Waals surface area contributed by atoms with Gasteiger partial charge in [-0.3, -0.25) is 9.59 Å². The number of piperidine rings is 1. The van der Waals surface area contributed by atoms with Crippen molar-refractivity contribution >= 4 is 16.9 Å². The number of likely N-dealkylation sites (tertiary alicyclic amines) is 1. The van der Waals surface area contributed by atoms with Crippen molar-refractivity contribution in [2.24, 2.45) is 7.05 Å². The molecule has 0 N–H and O–H groups in total. The summed E-state index contributed by atoms with van der Waals surface area (Å²) in [5.74, 6) is 1.42. The number of fused-ring (bicyclic) bond motifs is 2. The van der Waals surface area contributed by atoms with Crippen molar-refractivity contribution < 1.29 is 4.79 Å². The summed E-state index contributed by atoms with van der Waals surface area (Å²) in [4.78, 5) is 32.1. The van der Waals surface area contributed by atoms with Crippen LogP contribution in [-0.4, -0.2) is 43.2 Å². The first-order chi connectivity index (χ1) is 15.1. The Morgan fingerprint density at radius 1 is 1.10 bits per heavy atom. The van der Waals surface area contributed by atoms with Crippen LogP contribution in [0.2, 0.25) is 0 Å². The zero-order chi connectivity index (χ0) is 21.4. The van der Waals surface area contributed by atoms with Crippen LogP contribution < -0.4 is 5.56 Å². The smallest absolute Gasteiger partial charge is 0.267 e. The van der Waals surface area contributed by atoms with Crippen molar-refractivity contribution in [3.8, 4) is 0 Å². The minimum absolute atomic E-state index is 0.0216. The monoisotopic (exact) mass is 419 g/mol. The molecule has 7 nitrogen and oxygen atoms in total. The molecule has 0 saturated carbocycles. The molecule has 162 valence electrons. The minimum Gasteiger partial charge on any atom is -0.341 e. The fourth-order valence-corrected chi connectivity index (χ4v) is 5.04. The third-order valence-corrected chi connectivity index (χ3v) is 6.84. The lowest BCUT2D eigenvalue weighted by Crippen LogP contribution is -2.42. The van der Waals surface area contributed by atoms with E-state index in [1.165, 1.54) is 11.1 Å². The maximum atomic E-state index is 12.9. The van der Waals surface area contributed by atoms with Crippen molar-refractivity contribution in [2.45, 2.75) is 57.4 Å². The van der Waals surface area contributed by atoms with Gasteiger partial charge in [-0.1, -0.05) is 18.6 Å². The summed E-state index contributed by atoms with van der Waals surface area (Å²) in [6.07, 6.45) is 6.96. The lowest BCUT2D eigenvalue weighted by Gasteiger charge is -2.31. The van der Waals surface area contributed by atoms with Gasteiger partial charge in [-0.05, 0) is 56.2 Å². The number of aryl methyl sites for hydroxylation is 3. The van der Waals surface area contributed by atoms with Gasteiger partial charge in [0.1, 0.15) is 12.4 Å². The summed E-state index contributed by atoms with van der Waals surface area (Å²) < 4.78 is 3.54. The third-order valence-electron chi connectivity index (χ3n) is 6.84. The van der Waals surface area contributed by atoms with Crippen LogP contribution in [0.1, 0.15) is 55.1 Å². The molecule has 0 atom stereocenters. The van der Waals surface area contributed by atoms with Gasteiger partial charge in [0.25, 0.3) is 5.56 Å². The number of aromatic nitrogens is 4. The normalized spacial score (nSPS) is 17.5. The van der Waals surface area contributed by atoms with Gasteiger partial charge >= 0.3 is 0 Å². The number of carbonyl (C=O) groups excluding carboxylic acids is 1. The van der Waals surface area contributed by atoms with Crippen molar-refractivity contribution in [3.63, 3.8) is 0 Å². The van der Waals surface area contributed by atoms with E-state index in [2.05, 4.69) is 22.8 Å². The molecule has 1 fully saturated rings. The summed E-state index contributed by atoms with van der Waals surface area (Å²) in [5.41, 5.74) is 4.06. The zero-order valence-corrected chi connectivity index (χ0v) is 18.1. The largest absolute Gasteiger partial charge is 0.341 e.